The summed E-state index contributed by atoms with van der Waals surface area (Å²) in [4.78, 5) is 11.7. The summed E-state index contributed by atoms with van der Waals surface area (Å²) < 4.78 is 6.75. The van der Waals surface area contributed by atoms with Crippen molar-refractivity contribution >= 4 is 21.7 Å². The van der Waals surface area contributed by atoms with Crippen LogP contribution in [0.5, 0.6) is 5.75 Å². The lowest BCUT2D eigenvalue weighted by molar-refractivity contribution is -0.120. The molecule has 0 bridgehead atoms. The van der Waals surface area contributed by atoms with Gasteiger partial charge in [0.15, 0.2) is 0 Å². The minimum absolute atomic E-state index is 0.371. The molecule has 0 saturated heterocycles. The molecule has 17 heavy (non-hydrogen) atoms. The van der Waals surface area contributed by atoms with Crippen LogP contribution in [0.1, 0.15) is 30.4 Å². The van der Waals surface area contributed by atoms with Crippen LogP contribution in [0.25, 0.3) is 0 Å². The number of aryl methyl sites for hydroxylation is 1. The van der Waals surface area contributed by atoms with Crippen molar-refractivity contribution in [2.24, 2.45) is 5.92 Å². The maximum absolute atomic E-state index is 11.7. The van der Waals surface area contributed by atoms with E-state index in [9.17, 15) is 4.79 Å². The number of carbonyl (C=O) groups is 1. The Bertz CT molecular complexity index is 464. The first kappa shape index (κ1) is 11.3. The first-order valence-electron chi connectivity index (χ1n) is 6.21. The molecule has 1 heterocycles. The molecular weight excluding hydrogens is 280 g/mol. The van der Waals surface area contributed by atoms with E-state index in [1.54, 1.807) is 0 Å². The molecule has 0 amide bonds. The largest absolute Gasteiger partial charge is 0.493 e. The molecule has 0 unspecified atom stereocenters. The smallest absolute Gasteiger partial charge is 0.136 e. The summed E-state index contributed by atoms with van der Waals surface area (Å²) in [6.45, 7) is 0.773. The molecule has 1 fully saturated rings. The van der Waals surface area contributed by atoms with Crippen LogP contribution in [0, 0.1) is 5.92 Å². The molecule has 3 rings (SSSR count). The number of ketones is 1. The number of ether oxygens (including phenoxy) is 1. The van der Waals surface area contributed by atoms with Crippen molar-refractivity contribution in [3.05, 3.63) is 27.7 Å². The minimum atomic E-state index is 0.371. The Hall–Kier alpha value is -0.830. The van der Waals surface area contributed by atoms with E-state index in [1.165, 1.54) is 11.1 Å². The second-order valence-electron chi connectivity index (χ2n) is 4.89. The Balaban J connectivity index is 1.75. The lowest BCUT2D eigenvalue weighted by atomic mass is 10.0. The molecule has 2 nitrogen and oxygen atoms in total. The normalized spacial score (nSPS) is 17.7. The van der Waals surface area contributed by atoms with Crippen molar-refractivity contribution in [1.29, 1.82) is 0 Å². The number of Topliss-reactive ketones (excluding diaryl/α,β-unsaturated/α-hetero) is 1. The van der Waals surface area contributed by atoms with Crippen LogP contribution in [0.2, 0.25) is 0 Å². The van der Waals surface area contributed by atoms with Gasteiger partial charge in [0.1, 0.15) is 11.5 Å². The van der Waals surface area contributed by atoms with E-state index in [-0.39, 0.29) is 0 Å². The summed E-state index contributed by atoms with van der Waals surface area (Å²) in [6, 6.07) is 4.21. The van der Waals surface area contributed by atoms with Crippen LogP contribution in [0.3, 0.4) is 0 Å². The van der Waals surface area contributed by atoms with Gasteiger partial charge < -0.3 is 4.74 Å². The van der Waals surface area contributed by atoms with Crippen molar-refractivity contribution < 1.29 is 9.53 Å². The van der Waals surface area contributed by atoms with Gasteiger partial charge in [0, 0.05) is 23.2 Å². The van der Waals surface area contributed by atoms with Gasteiger partial charge in [-0.15, -0.1) is 0 Å². The first-order chi connectivity index (χ1) is 8.24. The highest BCUT2D eigenvalue weighted by molar-refractivity contribution is 9.10. The van der Waals surface area contributed by atoms with E-state index >= 15 is 0 Å². The molecule has 1 aliphatic carbocycles. The molecular formula is C14H15BrO2. The third kappa shape index (κ3) is 2.39. The van der Waals surface area contributed by atoms with E-state index < -0.39 is 0 Å². The van der Waals surface area contributed by atoms with E-state index in [0.717, 1.165) is 42.5 Å². The third-order valence-corrected chi connectivity index (χ3v) is 3.96. The van der Waals surface area contributed by atoms with Gasteiger partial charge >= 0.3 is 0 Å². The van der Waals surface area contributed by atoms with Gasteiger partial charge in [-0.25, -0.2) is 0 Å². The molecule has 0 atom stereocenters. The average molecular weight is 295 g/mol. The van der Waals surface area contributed by atoms with Crippen LogP contribution in [-0.4, -0.2) is 12.4 Å². The molecule has 1 aromatic carbocycles. The van der Waals surface area contributed by atoms with Gasteiger partial charge in [0.05, 0.1) is 6.61 Å². The van der Waals surface area contributed by atoms with E-state index in [2.05, 4.69) is 28.1 Å². The lowest BCUT2D eigenvalue weighted by Gasteiger charge is -2.08. The SMILES string of the molecule is O=C(CCc1cc(Br)cc2c1OCC2)C1CC1. The molecule has 2 aliphatic rings. The van der Waals surface area contributed by atoms with Crippen molar-refractivity contribution in [3.8, 4) is 5.75 Å². The molecule has 90 valence electrons. The van der Waals surface area contributed by atoms with E-state index in [0.29, 0.717) is 18.1 Å². The Morgan fingerprint density at radius 1 is 1.41 bits per heavy atom. The highest BCUT2D eigenvalue weighted by Gasteiger charge is 2.29. The zero-order valence-electron chi connectivity index (χ0n) is 9.67. The monoisotopic (exact) mass is 294 g/mol. The van der Waals surface area contributed by atoms with Gasteiger partial charge in [-0.1, -0.05) is 15.9 Å². The molecule has 0 radical (unpaired) electrons. The maximum atomic E-state index is 11.7. The minimum Gasteiger partial charge on any atom is -0.493 e. The second-order valence-corrected chi connectivity index (χ2v) is 5.81. The highest BCUT2D eigenvalue weighted by atomic mass is 79.9. The molecule has 1 saturated carbocycles. The van der Waals surface area contributed by atoms with Gasteiger partial charge in [-0.3, -0.25) is 4.79 Å². The summed E-state index contributed by atoms with van der Waals surface area (Å²) >= 11 is 3.52. The lowest BCUT2D eigenvalue weighted by Crippen LogP contribution is -2.03. The number of rotatable bonds is 4. The number of hydrogen-bond donors (Lipinski definition) is 0. The summed E-state index contributed by atoms with van der Waals surface area (Å²) in [5, 5.41) is 0. The molecule has 0 aromatic heterocycles. The van der Waals surface area contributed by atoms with Crippen molar-refractivity contribution in [3.63, 3.8) is 0 Å². The van der Waals surface area contributed by atoms with Gasteiger partial charge in [0.25, 0.3) is 0 Å². The topological polar surface area (TPSA) is 26.3 Å². The number of hydrogen-bond acceptors (Lipinski definition) is 2. The van der Waals surface area contributed by atoms with Crippen LogP contribution in [-0.2, 0) is 17.6 Å². The van der Waals surface area contributed by atoms with Gasteiger partial charge in [0.2, 0.25) is 0 Å². The Morgan fingerprint density at radius 3 is 3.00 bits per heavy atom. The average Bonchev–Trinajstić information content (AvgIpc) is 3.05. The van der Waals surface area contributed by atoms with Crippen LogP contribution < -0.4 is 4.74 Å². The number of halogens is 1. The van der Waals surface area contributed by atoms with Crippen molar-refractivity contribution in [1.82, 2.24) is 0 Å². The van der Waals surface area contributed by atoms with Crippen LogP contribution in [0.15, 0.2) is 16.6 Å². The molecule has 0 spiro atoms. The number of fused-ring (bicyclic) bond motifs is 1. The van der Waals surface area contributed by atoms with Crippen LogP contribution >= 0.6 is 15.9 Å². The molecule has 1 aromatic rings. The Kier molecular flexibility index (Phi) is 2.95. The van der Waals surface area contributed by atoms with E-state index in [1.807, 2.05) is 0 Å². The highest BCUT2D eigenvalue weighted by Crippen LogP contribution is 2.35. The fourth-order valence-corrected chi connectivity index (χ4v) is 2.95. The van der Waals surface area contributed by atoms with E-state index in [4.69, 9.17) is 4.74 Å². The zero-order chi connectivity index (χ0) is 11.8. The summed E-state index contributed by atoms with van der Waals surface area (Å²) in [6.07, 6.45) is 4.67. The Labute approximate surface area is 109 Å². The van der Waals surface area contributed by atoms with Gasteiger partial charge in [-0.2, -0.15) is 0 Å². The van der Waals surface area contributed by atoms with Gasteiger partial charge in [-0.05, 0) is 42.5 Å². The zero-order valence-corrected chi connectivity index (χ0v) is 11.3. The van der Waals surface area contributed by atoms with Crippen molar-refractivity contribution in [2.75, 3.05) is 6.61 Å². The first-order valence-corrected chi connectivity index (χ1v) is 7.00. The van der Waals surface area contributed by atoms with Crippen molar-refractivity contribution in [2.45, 2.75) is 32.1 Å². The third-order valence-electron chi connectivity index (χ3n) is 3.50. The predicted molar refractivity (Wildman–Crippen MR) is 69.4 cm³/mol. The number of benzene rings is 1. The molecule has 3 heteroatoms. The predicted octanol–water partition coefficient (Wildman–Crippen LogP) is 3.30. The fraction of sp³-hybridized carbons (Fsp3) is 0.500. The molecule has 0 N–H and O–H groups in total. The standard InChI is InChI=1S/C14H15BrO2/c15-12-7-10(3-4-13(16)9-1-2-9)14-11(8-12)5-6-17-14/h7-9H,1-6H2. The maximum Gasteiger partial charge on any atom is 0.136 e. The summed E-state index contributed by atoms with van der Waals surface area (Å²) in [5.41, 5.74) is 2.45. The summed E-state index contributed by atoms with van der Waals surface area (Å²) in [5.74, 6) is 1.82. The Morgan fingerprint density at radius 2 is 2.24 bits per heavy atom. The fourth-order valence-electron chi connectivity index (χ4n) is 2.40. The quantitative estimate of drug-likeness (QED) is 0.852. The molecule has 1 aliphatic heterocycles. The second kappa shape index (κ2) is 4.45. The summed E-state index contributed by atoms with van der Waals surface area (Å²) in [7, 11) is 0. The van der Waals surface area contributed by atoms with Crippen LogP contribution in [0.4, 0.5) is 0 Å². The number of carbonyl (C=O) groups excluding carboxylic acids is 1.